The lowest BCUT2D eigenvalue weighted by Gasteiger charge is -2.64. The Balaban J connectivity index is 6.47. The molecular formula is C12H32Br2Si4. The van der Waals surface area contributed by atoms with E-state index < -0.39 is 29.5 Å². The molecule has 0 nitrogen and oxygen atoms in total. The van der Waals surface area contributed by atoms with Gasteiger partial charge in [-0.15, -0.1) is 30.6 Å². The molecule has 18 heavy (non-hydrogen) atoms. The van der Waals surface area contributed by atoms with E-state index in [0.717, 1.165) is 0 Å². The van der Waals surface area contributed by atoms with E-state index in [-0.39, 0.29) is 0 Å². The summed E-state index contributed by atoms with van der Waals surface area (Å²) < 4.78 is 0.648. The molecule has 110 valence electrons. The van der Waals surface area contributed by atoms with Gasteiger partial charge in [-0.2, -0.15) is 0 Å². The van der Waals surface area contributed by atoms with Crippen molar-refractivity contribution < 1.29 is 0 Å². The standard InChI is InChI=1S/C12H32Br2Si4/c1-11-18(13,14)12(15(2,3)4,16(5,6)7)17(8,9)10/h11H2,1-10H3. The Hall–Kier alpha value is 1.83. The summed E-state index contributed by atoms with van der Waals surface area (Å²) in [4.78, 5) is 0. The lowest BCUT2D eigenvalue weighted by atomic mass is 11.0. The molecule has 0 aromatic heterocycles. The van der Waals surface area contributed by atoms with E-state index in [0.29, 0.717) is 3.91 Å². The van der Waals surface area contributed by atoms with Gasteiger partial charge in [0.25, 0.3) is 0 Å². The maximum absolute atomic E-state index is 4.27. The van der Waals surface area contributed by atoms with Gasteiger partial charge in [0.15, 0.2) is 5.31 Å². The molecule has 0 unspecified atom stereocenters. The molecular weight excluding hydrogens is 416 g/mol. The fourth-order valence-corrected chi connectivity index (χ4v) is 79.7. The summed E-state index contributed by atoms with van der Waals surface area (Å²) in [6, 6.07) is 1.30. The zero-order chi connectivity index (χ0) is 15.2. The Kier molecular flexibility index (Phi) is 6.12. The predicted molar refractivity (Wildman–Crippen MR) is 107 cm³/mol. The van der Waals surface area contributed by atoms with E-state index in [4.69, 9.17) is 0 Å². The first-order valence-electron chi connectivity index (χ1n) is 6.94. The van der Waals surface area contributed by atoms with Crippen LogP contribution < -0.4 is 0 Å². The van der Waals surface area contributed by atoms with E-state index in [9.17, 15) is 0 Å². The third-order valence-corrected chi connectivity index (χ3v) is 50.7. The van der Waals surface area contributed by atoms with Crippen LogP contribution in [0.1, 0.15) is 6.92 Å². The monoisotopic (exact) mass is 446 g/mol. The molecule has 0 atom stereocenters. The highest BCUT2D eigenvalue weighted by atomic mass is 79.9. The van der Waals surface area contributed by atoms with Crippen molar-refractivity contribution in [1.82, 2.24) is 0 Å². The van der Waals surface area contributed by atoms with Gasteiger partial charge in [-0.1, -0.05) is 65.8 Å². The second-order valence-corrected chi connectivity index (χ2v) is 41.5. The average molecular weight is 449 g/mol. The normalized spacial score (nSPS) is 16.0. The smallest absolute Gasteiger partial charge is 0.111 e. The minimum Gasteiger partial charge on any atom is -0.111 e. The van der Waals surface area contributed by atoms with Crippen LogP contribution in [0.4, 0.5) is 0 Å². The van der Waals surface area contributed by atoms with Gasteiger partial charge in [-0.05, 0) is 9.95 Å². The van der Waals surface area contributed by atoms with Crippen molar-refractivity contribution >= 4 is 60.1 Å². The molecule has 0 spiro atoms. The lowest BCUT2D eigenvalue weighted by Crippen LogP contribution is -2.73. The van der Waals surface area contributed by atoms with Crippen LogP contribution in [0.5, 0.6) is 0 Å². The van der Waals surface area contributed by atoms with Gasteiger partial charge >= 0.3 is 0 Å². The summed E-state index contributed by atoms with van der Waals surface area (Å²) in [5, 5.41) is -1.55. The van der Waals surface area contributed by atoms with Crippen LogP contribution in [0.25, 0.3) is 0 Å². The fraction of sp³-hybridized carbons (Fsp3) is 1.00. The maximum Gasteiger partial charge on any atom is 0.199 e. The number of rotatable bonds is 5. The molecule has 0 N–H and O–H groups in total. The molecule has 0 saturated carbocycles. The molecule has 0 aliphatic rings. The molecule has 0 saturated heterocycles. The van der Waals surface area contributed by atoms with Crippen LogP contribution in [0, 0.1) is 0 Å². The lowest BCUT2D eigenvalue weighted by molar-refractivity contribution is 1.19. The van der Waals surface area contributed by atoms with Crippen molar-refractivity contribution in [3.05, 3.63) is 0 Å². The molecule has 0 aliphatic heterocycles. The van der Waals surface area contributed by atoms with Crippen LogP contribution in [0.3, 0.4) is 0 Å². The Morgan fingerprint density at radius 1 is 0.667 bits per heavy atom. The van der Waals surface area contributed by atoms with Gasteiger partial charge < -0.3 is 0 Å². The van der Waals surface area contributed by atoms with Gasteiger partial charge in [0.2, 0.25) is 0 Å². The Bertz CT molecular complexity index is 259. The van der Waals surface area contributed by atoms with Crippen molar-refractivity contribution in [2.45, 2.75) is 75.8 Å². The van der Waals surface area contributed by atoms with Crippen LogP contribution in [-0.4, -0.2) is 29.5 Å². The molecule has 0 aliphatic carbocycles. The van der Waals surface area contributed by atoms with Gasteiger partial charge in [-0.3, -0.25) is 0 Å². The first-order chi connectivity index (χ1) is 7.56. The van der Waals surface area contributed by atoms with Crippen LogP contribution in [0.15, 0.2) is 0 Å². The van der Waals surface area contributed by atoms with Crippen molar-refractivity contribution in [2.24, 2.45) is 0 Å². The van der Waals surface area contributed by atoms with Crippen molar-refractivity contribution in [1.29, 1.82) is 0 Å². The topological polar surface area (TPSA) is 0 Å². The molecule has 0 rings (SSSR count). The van der Waals surface area contributed by atoms with Crippen LogP contribution >= 0.6 is 30.6 Å². The minimum absolute atomic E-state index is 0.648. The third-order valence-electron chi connectivity index (χ3n) is 4.37. The Morgan fingerprint density at radius 2 is 0.889 bits per heavy atom. The second kappa shape index (κ2) is 5.55. The highest BCUT2D eigenvalue weighted by Crippen LogP contribution is 2.64. The minimum atomic E-state index is -1.55. The first-order valence-corrected chi connectivity index (χ1v) is 24.2. The van der Waals surface area contributed by atoms with Gasteiger partial charge in [-0.25, -0.2) is 0 Å². The van der Waals surface area contributed by atoms with E-state index >= 15 is 0 Å². The van der Waals surface area contributed by atoms with Gasteiger partial charge in [0, 0.05) is 24.2 Å². The summed E-state index contributed by atoms with van der Waals surface area (Å²) in [6.07, 6.45) is 0. The van der Waals surface area contributed by atoms with E-state index in [1.807, 2.05) is 0 Å². The molecule has 0 fully saturated rings. The van der Waals surface area contributed by atoms with Crippen molar-refractivity contribution in [2.75, 3.05) is 0 Å². The second-order valence-electron chi connectivity index (χ2n) is 8.56. The predicted octanol–water partition coefficient (Wildman–Crippen LogP) is 6.61. The van der Waals surface area contributed by atoms with Crippen LogP contribution in [0.2, 0.25) is 68.9 Å². The number of hydrogen-bond donors (Lipinski definition) is 0. The highest BCUT2D eigenvalue weighted by molar-refractivity contribution is 9.51. The molecule has 0 heterocycles. The zero-order valence-electron chi connectivity index (χ0n) is 14.0. The molecule has 0 bridgehead atoms. The average Bonchev–Trinajstić information content (AvgIpc) is 1.94. The molecule has 0 amide bonds. The van der Waals surface area contributed by atoms with E-state index in [1.165, 1.54) is 6.04 Å². The first kappa shape index (κ1) is 19.8. The van der Waals surface area contributed by atoms with E-state index in [1.54, 1.807) is 0 Å². The molecule has 0 aromatic rings. The maximum atomic E-state index is 4.27. The van der Waals surface area contributed by atoms with Crippen LogP contribution in [-0.2, 0) is 0 Å². The van der Waals surface area contributed by atoms with E-state index in [2.05, 4.69) is 96.4 Å². The summed E-state index contributed by atoms with van der Waals surface area (Å²) in [6.45, 7) is 25.9. The van der Waals surface area contributed by atoms with Crippen molar-refractivity contribution in [3.63, 3.8) is 0 Å². The summed E-state index contributed by atoms with van der Waals surface area (Å²) >= 11 is 8.54. The SMILES string of the molecule is CC[Si](Br)(Br)C([Si](C)(C)C)([Si](C)(C)C)[Si](C)(C)C. The fourth-order valence-electron chi connectivity index (χ4n) is 5.29. The van der Waals surface area contributed by atoms with Gasteiger partial charge in [0.1, 0.15) is 0 Å². The molecule has 0 radical (unpaired) electrons. The number of halogens is 2. The zero-order valence-corrected chi connectivity index (χ0v) is 21.1. The summed E-state index contributed by atoms with van der Waals surface area (Å²) in [5.41, 5.74) is 0. The molecule has 0 aromatic carbocycles. The summed E-state index contributed by atoms with van der Waals surface area (Å²) in [5.74, 6) is 0. The Morgan fingerprint density at radius 3 is 0.944 bits per heavy atom. The Labute approximate surface area is 135 Å². The van der Waals surface area contributed by atoms with Gasteiger partial charge in [0.05, 0.1) is 0 Å². The largest absolute Gasteiger partial charge is 0.199 e. The van der Waals surface area contributed by atoms with Crippen molar-refractivity contribution in [3.8, 4) is 0 Å². The third kappa shape index (κ3) is 3.03. The summed E-state index contributed by atoms with van der Waals surface area (Å²) in [7, 11) is -3.82. The quantitative estimate of drug-likeness (QED) is 0.328. The number of hydrogen-bond acceptors (Lipinski definition) is 0. The highest BCUT2D eigenvalue weighted by Gasteiger charge is 2.68. The molecule has 6 heteroatoms.